The van der Waals surface area contributed by atoms with E-state index in [0.717, 1.165) is 0 Å². The maximum atomic E-state index is 12.5. The monoisotopic (exact) mass is 349 g/mol. The summed E-state index contributed by atoms with van der Waals surface area (Å²) in [5.41, 5.74) is 0.560. The van der Waals surface area contributed by atoms with Gasteiger partial charge in [-0.3, -0.25) is 0 Å². The Balaban J connectivity index is 3.18. The minimum Gasteiger partial charge on any atom is -0.225 e. The molecule has 1 unspecified atom stereocenters. The molecular weight excluding hydrogens is 326 g/mol. The van der Waals surface area contributed by atoms with Gasteiger partial charge < -0.3 is 0 Å². The van der Waals surface area contributed by atoms with E-state index >= 15 is 0 Å². The molecule has 126 valence electrons. The summed E-state index contributed by atoms with van der Waals surface area (Å²) < 4.78 is 50.4. The van der Waals surface area contributed by atoms with Crippen molar-refractivity contribution in [3.8, 4) is 0 Å². The van der Waals surface area contributed by atoms with Gasteiger partial charge in [-0.05, 0) is 24.6 Å². The van der Waals surface area contributed by atoms with Gasteiger partial charge in [-0.25, -0.2) is 13.6 Å². The summed E-state index contributed by atoms with van der Waals surface area (Å²) in [4.78, 5) is -0.0366. The molecule has 2 N–H and O–H groups in total. The Bertz CT molecular complexity index is 713. The summed E-state index contributed by atoms with van der Waals surface area (Å²) in [6.07, 6.45) is 0. The first kappa shape index (κ1) is 19.0. The molecule has 7 nitrogen and oxygen atoms in total. The Hall–Kier alpha value is -1.00. The fourth-order valence-corrected chi connectivity index (χ4v) is 4.20. The second-order valence-electron chi connectivity index (χ2n) is 4.90. The smallest absolute Gasteiger partial charge is 0.225 e. The van der Waals surface area contributed by atoms with Crippen molar-refractivity contribution in [2.45, 2.75) is 31.7 Å². The van der Waals surface area contributed by atoms with Crippen LogP contribution in [-0.2, 0) is 20.2 Å². The van der Waals surface area contributed by atoms with Crippen LogP contribution in [0.25, 0.3) is 0 Å². The van der Waals surface area contributed by atoms with Gasteiger partial charge in [0.05, 0.1) is 4.90 Å². The topological polar surface area (TPSA) is 101 Å². The zero-order chi connectivity index (χ0) is 17.1. The predicted octanol–water partition coefficient (Wildman–Crippen LogP) is 0.913. The zero-order valence-corrected chi connectivity index (χ0v) is 14.9. The number of hydrogen-bond acceptors (Lipinski definition) is 4. The lowest BCUT2D eigenvalue weighted by Gasteiger charge is -2.30. The molecule has 0 aliphatic carbocycles. The van der Waals surface area contributed by atoms with Gasteiger partial charge in [0, 0.05) is 26.2 Å². The molecule has 0 aliphatic rings. The highest BCUT2D eigenvalue weighted by molar-refractivity contribution is 7.89. The van der Waals surface area contributed by atoms with E-state index in [1.807, 2.05) is 0 Å². The Labute approximate surface area is 133 Å². The normalized spacial score (nSPS) is 14.5. The summed E-state index contributed by atoms with van der Waals surface area (Å²) >= 11 is 0. The highest BCUT2D eigenvalue weighted by Gasteiger charge is 2.29. The van der Waals surface area contributed by atoms with Crippen LogP contribution >= 0.6 is 0 Å². The average Bonchev–Trinajstić information content (AvgIpc) is 2.46. The minimum absolute atomic E-state index is 0.0366. The van der Waals surface area contributed by atoms with Crippen LogP contribution in [0.5, 0.6) is 0 Å². The van der Waals surface area contributed by atoms with E-state index in [9.17, 15) is 16.8 Å². The summed E-state index contributed by atoms with van der Waals surface area (Å²) in [6.45, 7) is 5.96. The quantitative estimate of drug-likeness (QED) is 0.790. The van der Waals surface area contributed by atoms with E-state index < -0.39 is 26.3 Å². The van der Waals surface area contributed by atoms with Gasteiger partial charge in [-0.15, -0.1) is 0 Å². The van der Waals surface area contributed by atoms with Crippen LogP contribution in [0.1, 0.15) is 32.4 Å². The van der Waals surface area contributed by atoms with E-state index in [-0.39, 0.29) is 4.90 Å². The number of nitrogens with two attached hydrogens (primary N) is 1. The Morgan fingerprint density at radius 2 is 1.68 bits per heavy atom. The van der Waals surface area contributed by atoms with E-state index in [2.05, 4.69) is 0 Å². The largest absolute Gasteiger partial charge is 0.282 e. The van der Waals surface area contributed by atoms with E-state index in [1.165, 1.54) is 27.8 Å². The highest BCUT2D eigenvalue weighted by atomic mass is 32.2. The van der Waals surface area contributed by atoms with Crippen molar-refractivity contribution >= 4 is 20.2 Å². The molecular formula is C13H23N3O4S2. The van der Waals surface area contributed by atoms with Gasteiger partial charge in [0.25, 0.3) is 10.2 Å². The SMILES string of the molecule is CCN(CC)S(=O)(=O)N(C)C(C)c1cccc(S(N)(=O)=O)c1. The van der Waals surface area contributed by atoms with Gasteiger partial charge in [0.1, 0.15) is 0 Å². The molecule has 22 heavy (non-hydrogen) atoms. The van der Waals surface area contributed by atoms with Crippen LogP contribution in [-0.4, -0.2) is 45.6 Å². The molecule has 1 atom stereocenters. The molecule has 0 saturated heterocycles. The molecule has 1 rings (SSSR count). The van der Waals surface area contributed by atoms with Crippen LogP contribution in [0.15, 0.2) is 29.2 Å². The first-order valence-electron chi connectivity index (χ1n) is 6.91. The third-order valence-corrected chi connectivity index (χ3v) is 6.73. The molecule has 0 aliphatic heterocycles. The lowest BCUT2D eigenvalue weighted by molar-refractivity contribution is 0.340. The molecule has 0 aromatic heterocycles. The molecule has 1 aromatic carbocycles. The van der Waals surface area contributed by atoms with E-state index in [0.29, 0.717) is 18.7 Å². The fourth-order valence-electron chi connectivity index (χ4n) is 2.09. The maximum Gasteiger partial charge on any atom is 0.282 e. The van der Waals surface area contributed by atoms with Crippen LogP contribution in [0.2, 0.25) is 0 Å². The number of sulfonamides is 1. The molecule has 1 aromatic rings. The van der Waals surface area contributed by atoms with Crippen molar-refractivity contribution in [3.05, 3.63) is 29.8 Å². The standard InChI is InChI=1S/C13H23N3O4S2/c1-5-16(6-2)22(19,20)15(4)11(3)12-8-7-9-13(10-12)21(14,17)18/h7-11H,5-6H2,1-4H3,(H2,14,17,18). The molecule has 0 saturated carbocycles. The summed E-state index contributed by atoms with van der Waals surface area (Å²) in [6, 6.07) is 5.47. The second kappa shape index (κ2) is 7.05. The molecule has 9 heteroatoms. The van der Waals surface area contributed by atoms with Crippen LogP contribution < -0.4 is 5.14 Å². The minimum atomic E-state index is -3.82. The number of rotatable bonds is 7. The summed E-state index contributed by atoms with van der Waals surface area (Å²) in [7, 11) is -5.96. The lowest BCUT2D eigenvalue weighted by atomic mass is 10.1. The van der Waals surface area contributed by atoms with Crippen molar-refractivity contribution < 1.29 is 16.8 Å². The third kappa shape index (κ3) is 4.05. The number of primary sulfonamides is 1. The second-order valence-corrected chi connectivity index (χ2v) is 8.45. The van der Waals surface area contributed by atoms with Crippen molar-refractivity contribution in [1.82, 2.24) is 8.61 Å². The maximum absolute atomic E-state index is 12.5. The summed E-state index contributed by atoms with van der Waals surface area (Å²) in [5.74, 6) is 0. The van der Waals surface area contributed by atoms with Crippen molar-refractivity contribution in [2.24, 2.45) is 5.14 Å². The first-order valence-corrected chi connectivity index (χ1v) is 9.85. The molecule has 0 bridgehead atoms. The van der Waals surface area contributed by atoms with E-state index in [4.69, 9.17) is 5.14 Å². The Morgan fingerprint density at radius 1 is 1.14 bits per heavy atom. The predicted molar refractivity (Wildman–Crippen MR) is 85.8 cm³/mol. The Kier molecular flexibility index (Phi) is 6.10. The highest BCUT2D eigenvalue weighted by Crippen LogP contribution is 2.24. The zero-order valence-electron chi connectivity index (χ0n) is 13.2. The number of nitrogens with zero attached hydrogens (tertiary/aromatic N) is 2. The molecule has 0 spiro atoms. The molecule has 0 fully saturated rings. The van der Waals surface area contributed by atoms with Crippen LogP contribution in [0.3, 0.4) is 0 Å². The summed E-state index contributed by atoms with van der Waals surface area (Å²) in [5, 5.41) is 5.11. The van der Waals surface area contributed by atoms with Crippen LogP contribution in [0, 0.1) is 0 Å². The number of hydrogen-bond donors (Lipinski definition) is 1. The lowest BCUT2D eigenvalue weighted by Crippen LogP contribution is -2.42. The molecule has 0 heterocycles. The number of benzene rings is 1. The first-order chi connectivity index (χ1) is 10.1. The fraction of sp³-hybridized carbons (Fsp3) is 0.538. The van der Waals surface area contributed by atoms with Crippen molar-refractivity contribution in [2.75, 3.05) is 20.1 Å². The van der Waals surface area contributed by atoms with Gasteiger partial charge >= 0.3 is 0 Å². The average molecular weight is 349 g/mol. The van der Waals surface area contributed by atoms with Gasteiger partial charge in [0.15, 0.2) is 0 Å². The molecule has 0 radical (unpaired) electrons. The van der Waals surface area contributed by atoms with Gasteiger partial charge in [-0.1, -0.05) is 26.0 Å². The van der Waals surface area contributed by atoms with Crippen LogP contribution in [0.4, 0.5) is 0 Å². The van der Waals surface area contributed by atoms with Crippen molar-refractivity contribution in [1.29, 1.82) is 0 Å². The van der Waals surface area contributed by atoms with E-state index in [1.54, 1.807) is 32.9 Å². The Morgan fingerprint density at radius 3 is 2.14 bits per heavy atom. The van der Waals surface area contributed by atoms with Crippen molar-refractivity contribution in [3.63, 3.8) is 0 Å². The molecule has 0 amide bonds. The van der Waals surface area contributed by atoms with Gasteiger partial charge in [0.2, 0.25) is 10.0 Å². The third-order valence-electron chi connectivity index (χ3n) is 3.61. The van der Waals surface area contributed by atoms with Gasteiger partial charge in [-0.2, -0.15) is 17.0 Å².